The van der Waals surface area contributed by atoms with Crippen LogP contribution in [0, 0.1) is 5.82 Å². The van der Waals surface area contributed by atoms with Crippen LogP contribution >= 0.6 is 35.0 Å². The van der Waals surface area contributed by atoms with Crippen molar-refractivity contribution in [2.45, 2.75) is 31.9 Å². The molecule has 0 heterocycles. The fourth-order valence-corrected chi connectivity index (χ4v) is 4.01. The number of carbonyl (C=O) groups is 1. The van der Waals surface area contributed by atoms with E-state index in [0.717, 1.165) is 5.56 Å². The van der Waals surface area contributed by atoms with E-state index in [-0.39, 0.29) is 29.4 Å². The second kappa shape index (κ2) is 8.98. The molecule has 0 aliphatic rings. The zero-order valence-electron chi connectivity index (χ0n) is 14.4. The standard InChI is InChI=1S/C19H19Cl2FO3S/c1-10(2)18-16(23)4-3-12(19(18)22)7-13-14(20)5-11(6-15(13)21)8-26-9-17(24)25/h3-6,10,23H,7-9H2,1-2H3,(H,24,25). The summed E-state index contributed by atoms with van der Waals surface area (Å²) < 4.78 is 14.7. The van der Waals surface area contributed by atoms with Gasteiger partial charge in [0.2, 0.25) is 0 Å². The van der Waals surface area contributed by atoms with Crippen LogP contribution in [0.5, 0.6) is 5.75 Å². The van der Waals surface area contributed by atoms with Gasteiger partial charge in [-0.1, -0.05) is 43.1 Å². The van der Waals surface area contributed by atoms with Gasteiger partial charge >= 0.3 is 5.97 Å². The molecule has 0 saturated heterocycles. The first kappa shape index (κ1) is 20.9. The second-order valence-corrected chi connectivity index (χ2v) is 8.03. The molecule has 140 valence electrons. The Morgan fingerprint density at radius 2 is 1.85 bits per heavy atom. The fourth-order valence-electron chi connectivity index (χ4n) is 2.67. The van der Waals surface area contributed by atoms with Crippen molar-refractivity contribution in [1.29, 1.82) is 0 Å². The van der Waals surface area contributed by atoms with E-state index in [9.17, 15) is 14.3 Å². The van der Waals surface area contributed by atoms with E-state index in [1.807, 2.05) is 13.8 Å². The number of benzene rings is 2. The topological polar surface area (TPSA) is 57.5 Å². The van der Waals surface area contributed by atoms with Crippen molar-refractivity contribution in [3.63, 3.8) is 0 Å². The highest BCUT2D eigenvalue weighted by Gasteiger charge is 2.18. The van der Waals surface area contributed by atoms with Crippen LogP contribution in [0.25, 0.3) is 0 Å². The maximum absolute atomic E-state index is 14.7. The summed E-state index contributed by atoms with van der Waals surface area (Å²) in [5.74, 6) is -1.09. The van der Waals surface area contributed by atoms with Crippen LogP contribution < -0.4 is 0 Å². The van der Waals surface area contributed by atoms with Crippen LogP contribution in [0.1, 0.15) is 42.0 Å². The number of hydrogen-bond acceptors (Lipinski definition) is 3. The molecule has 2 aromatic carbocycles. The lowest BCUT2D eigenvalue weighted by Crippen LogP contribution is -2.02. The molecule has 0 amide bonds. The van der Waals surface area contributed by atoms with Gasteiger partial charge in [0.15, 0.2) is 0 Å². The van der Waals surface area contributed by atoms with Gasteiger partial charge in [-0.05, 0) is 40.8 Å². The maximum Gasteiger partial charge on any atom is 0.313 e. The lowest BCUT2D eigenvalue weighted by Gasteiger charge is -2.15. The van der Waals surface area contributed by atoms with Gasteiger partial charge in [-0.2, -0.15) is 0 Å². The molecule has 0 aliphatic carbocycles. The van der Waals surface area contributed by atoms with E-state index >= 15 is 0 Å². The lowest BCUT2D eigenvalue weighted by atomic mass is 9.95. The molecular weight excluding hydrogens is 398 g/mol. The Labute approximate surface area is 166 Å². The zero-order chi connectivity index (χ0) is 19.4. The lowest BCUT2D eigenvalue weighted by molar-refractivity contribution is -0.133. The first-order valence-corrected chi connectivity index (χ1v) is 9.88. The van der Waals surface area contributed by atoms with E-state index in [1.165, 1.54) is 23.9 Å². The summed E-state index contributed by atoms with van der Waals surface area (Å²) in [6.07, 6.45) is 0.200. The van der Waals surface area contributed by atoms with Gasteiger partial charge in [-0.15, -0.1) is 11.8 Å². The molecule has 26 heavy (non-hydrogen) atoms. The van der Waals surface area contributed by atoms with Crippen molar-refractivity contribution >= 4 is 40.9 Å². The summed E-state index contributed by atoms with van der Waals surface area (Å²) in [7, 11) is 0. The van der Waals surface area contributed by atoms with Gasteiger partial charge in [0.05, 0.1) is 5.75 Å². The summed E-state index contributed by atoms with van der Waals surface area (Å²) in [6.45, 7) is 3.62. The van der Waals surface area contributed by atoms with E-state index < -0.39 is 11.8 Å². The fraction of sp³-hybridized carbons (Fsp3) is 0.316. The molecule has 0 radical (unpaired) electrons. The number of hydrogen-bond donors (Lipinski definition) is 2. The first-order chi connectivity index (χ1) is 12.2. The van der Waals surface area contributed by atoms with Crippen molar-refractivity contribution < 1.29 is 19.4 Å². The van der Waals surface area contributed by atoms with E-state index in [2.05, 4.69) is 0 Å². The van der Waals surface area contributed by atoms with E-state index in [1.54, 1.807) is 12.1 Å². The van der Waals surface area contributed by atoms with Gasteiger partial charge in [0, 0.05) is 27.8 Å². The first-order valence-electron chi connectivity index (χ1n) is 7.97. The van der Waals surface area contributed by atoms with Gasteiger partial charge < -0.3 is 10.2 Å². The largest absolute Gasteiger partial charge is 0.508 e. The average molecular weight is 417 g/mol. The van der Waals surface area contributed by atoms with Crippen molar-refractivity contribution in [2.75, 3.05) is 5.75 Å². The monoisotopic (exact) mass is 416 g/mol. The van der Waals surface area contributed by atoms with Gasteiger partial charge in [0.1, 0.15) is 11.6 Å². The Bertz CT molecular complexity index is 802. The number of phenolic OH excluding ortho intramolecular Hbond substituents is 1. The second-order valence-electron chi connectivity index (χ2n) is 6.23. The van der Waals surface area contributed by atoms with Crippen molar-refractivity contribution in [3.05, 3.63) is 62.4 Å². The third kappa shape index (κ3) is 5.06. The summed E-state index contributed by atoms with van der Waals surface area (Å²) in [5, 5.41) is 19.4. The van der Waals surface area contributed by atoms with Gasteiger partial charge in [0.25, 0.3) is 0 Å². The van der Waals surface area contributed by atoms with Crippen LogP contribution in [0.2, 0.25) is 10.0 Å². The van der Waals surface area contributed by atoms with Gasteiger partial charge in [-0.3, -0.25) is 4.79 Å². The van der Waals surface area contributed by atoms with Crippen molar-refractivity contribution in [3.8, 4) is 5.75 Å². The number of phenols is 1. The minimum absolute atomic E-state index is 0.00626. The minimum atomic E-state index is -0.882. The molecule has 0 aliphatic heterocycles. The van der Waals surface area contributed by atoms with Crippen LogP contribution in [0.15, 0.2) is 24.3 Å². The number of thioether (sulfide) groups is 1. The molecule has 0 fully saturated rings. The SMILES string of the molecule is CC(C)c1c(O)ccc(Cc2c(Cl)cc(CSCC(=O)O)cc2Cl)c1F. The highest BCUT2D eigenvalue weighted by molar-refractivity contribution is 7.99. The normalized spacial score (nSPS) is 11.2. The Morgan fingerprint density at radius 3 is 2.38 bits per heavy atom. The molecule has 2 rings (SSSR count). The molecule has 2 aromatic rings. The van der Waals surface area contributed by atoms with E-state index in [4.69, 9.17) is 28.3 Å². The number of halogens is 3. The molecule has 2 N–H and O–H groups in total. The highest BCUT2D eigenvalue weighted by atomic mass is 35.5. The summed E-state index contributed by atoms with van der Waals surface area (Å²) in [4.78, 5) is 10.6. The predicted octanol–water partition coefficient (Wildman–Crippen LogP) is 5.87. The Balaban J connectivity index is 2.28. The molecule has 0 aromatic heterocycles. The molecule has 7 heteroatoms. The van der Waals surface area contributed by atoms with Crippen molar-refractivity contribution in [1.82, 2.24) is 0 Å². The van der Waals surface area contributed by atoms with Crippen LogP contribution in [-0.4, -0.2) is 21.9 Å². The molecule has 0 saturated carbocycles. The molecule has 3 nitrogen and oxygen atoms in total. The minimum Gasteiger partial charge on any atom is -0.508 e. The molecule has 0 atom stereocenters. The molecule has 0 unspecified atom stereocenters. The average Bonchev–Trinajstić information content (AvgIpc) is 2.52. The Hall–Kier alpha value is -1.43. The number of aromatic hydroxyl groups is 1. The maximum atomic E-state index is 14.7. The predicted molar refractivity (Wildman–Crippen MR) is 105 cm³/mol. The third-order valence-electron chi connectivity index (χ3n) is 3.88. The van der Waals surface area contributed by atoms with E-state index in [0.29, 0.717) is 26.9 Å². The van der Waals surface area contributed by atoms with Crippen LogP contribution in [0.4, 0.5) is 4.39 Å². The quantitative estimate of drug-likeness (QED) is 0.592. The Morgan fingerprint density at radius 1 is 1.23 bits per heavy atom. The third-order valence-corrected chi connectivity index (χ3v) is 5.54. The number of carboxylic acids is 1. The summed E-state index contributed by atoms with van der Waals surface area (Å²) in [5.41, 5.74) is 2.09. The summed E-state index contributed by atoms with van der Waals surface area (Å²) >= 11 is 13.9. The molecule has 0 bridgehead atoms. The van der Waals surface area contributed by atoms with Crippen LogP contribution in [0.3, 0.4) is 0 Å². The molecular formula is C19H19Cl2FO3S. The van der Waals surface area contributed by atoms with Gasteiger partial charge in [-0.25, -0.2) is 4.39 Å². The summed E-state index contributed by atoms with van der Waals surface area (Å²) in [6, 6.07) is 6.45. The van der Waals surface area contributed by atoms with Crippen LogP contribution in [-0.2, 0) is 17.0 Å². The zero-order valence-corrected chi connectivity index (χ0v) is 16.7. The number of carboxylic acid groups (broad SMARTS) is 1. The highest BCUT2D eigenvalue weighted by Crippen LogP contribution is 2.34. The number of aliphatic carboxylic acids is 1. The van der Waals surface area contributed by atoms with Crippen molar-refractivity contribution in [2.24, 2.45) is 0 Å². The Kier molecular flexibility index (Phi) is 7.21. The number of rotatable bonds is 7. The smallest absolute Gasteiger partial charge is 0.313 e. The molecule has 0 spiro atoms.